The van der Waals surface area contributed by atoms with Gasteiger partial charge in [0.2, 0.25) is 5.91 Å². The van der Waals surface area contributed by atoms with Crippen molar-refractivity contribution in [3.05, 3.63) is 29.3 Å². The summed E-state index contributed by atoms with van der Waals surface area (Å²) in [4.78, 5) is 11.9. The van der Waals surface area contributed by atoms with E-state index in [0.717, 1.165) is 37.2 Å². The molecule has 0 spiro atoms. The van der Waals surface area contributed by atoms with E-state index in [9.17, 15) is 9.90 Å². The van der Waals surface area contributed by atoms with Crippen molar-refractivity contribution in [2.75, 3.05) is 20.3 Å². The third-order valence-corrected chi connectivity index (χ3v) is 4.29. The topological polar surface area (TPSA) is 67.8 Å². The number of hydrogen-bond acceptors (Lipinski definition) is 4. The van der Waals surface area contributed by atoms with E-state index >= 15 is 0 Å². The molecule has 1 heterocycles. The Morgan fingerprint density at radius 1 is 1.52 bits per heavy atom. The van der Waals surface area contributed by atoms with Crippen LogP contribution >= 0.6 is 0 Å². The highest BCUT2D eigenvalue weighted by atomic mass is 16.5. The molecule has 5 nitrogen and oxygen atoms in total. The molecule has 0 radical (unpaired) electrons. The molecule has 1 aliphatic carbocycles. The van der Waals surface area contributed by atoms with Gasteiger partial charge in [-0.15, -0.1) is 0 Å². The smallest absolute Gasteiger partial charge is 0.246 e. The quantitative estimate of drug-likeness (QED) is 0.855. The summed E-state index contributed by atoms with van der Waals surface area (Å²) in [5, 5.41) is 12.6. The Hall–Kier alpha value is -1.59. The molecule has 1 atom stereocenters. The van der Waals surface area contributed by atoms with Gasteiger partial charge in [0.05, 0.1) is 18.8 Å². The predicted octanol–water partition coefficient (Wildman–Crippen LogP) is 1.20. The fourth-order valence-electron chi connectivity index (χ4n) is 3.12. The third kappa shape index (κ3) is 3.04. The molecule has 114 valence electrons. The van der Waals surface area contributed by atoms with E-state index < -0.39 is 0 Å². The van der Waals surface area contributed by atoms with E-state index in [1.54, 1.807) is 0 Å². The van der Waals surface area contributed by atoms with Crippen molar-refractivity contribution >= 4 is 5.91 Å². The lowest BCUT2D eigenvalue weighted by Gasteiger charge is -2.38. The van der Waals surface area contributed by atoms with Gasteiger partial charge in [-0.1, -0.05) is 6.07 Å². The van der Waals surface area contributed by atoms with Crippen LogP contribution in [0.2, 0.25) is 0 Å². The van der Waals surface area contributed by atoms with Gasteiger partial charge in [-0.05, 0) is 42.0 Å². The Balaban J connectivity index is 1.79. The van der Waals surface area contributed by atoms with Crippen LogP contribution in [0.25, 0.3) is 0 Å². The average molecular weight is 291 g/mol. The number of nitrogens with one attached hydrogen (secondary N) is 1. The molecule has 1 fully saturated rings. The van der Waals surface area contributed by atoms with Gasteiger partial charge >= 0.3 is 0 Å². The minimum Gasteiger partial charge on any atom is -0.493 e. The molecule has 0 unspecified atom stereocenters. The molecule has 21 heavy (non-hydrogen) atoms. The van der Waals surface area contributed by atoms with Crippen LogP contribution < -0.4 is 10.1 Å². The van der Waals surface area contributed by atoms with Crippen molar-refractivity contribution in [3.63, 3.8) is 0 Å². The van der Waals surface area contributed by atoms with Crippen LogP contribution in [0.4, 0.5) is 0 Å². The zero-order chi connectivity index (χ0) is 14.8. The molecule has 1 aromatic carbocycles. The molecule has 0 bridgehead atoms. The first kappa shape index (κ1) is 14.4. The zero-order valence-corrected chi connectivity index (χ0v) is 12.2. The van der Waals surface area contributed by atoms with Crippen molar-refractivity contribution in [3.8, 4) is 5.75 Å². The number of amides is 1. The SMILES string of the molecule is COCC(=O)N[C@H](c1ccc2c(c1)CCO2)C1CC(O)C1. The van der Waals surface area contributed by atoms with Crippen molar-refractivity contribution in [1.82, 2.24) is 5.32 Å². The number of ether oxygens (including phenoxy) is 2. The minimum absolute atomic E-state index is 0.0554. The Kier molecular flexibility index (Phi) is 4.12. The minimum atomic E-state index is -0.241. The van der Waals surface area contributed by atoms with Crippen molar-refractivity contribution in [1.29, 1.82) is 0 Å². The number of carbonyl (C=O) groups excluding carboxylic acids is 1. The van der Waals surface area contributed by atoms with Gasteiger partial charge in [0.1, 0.15) is 12.4 Å². The van der Waals surface area contributed by atoms with Gasteiger partial charge in [0, 0.05) is 13.5 Å². The first-order valence-corrected chi connectivity index (χ1v) is 7.39. The number of rotatable bonds is 5. The average Bonchev–Trinajstić information content (AvgIpc) is 2.89. The van der Waals surface area contributed by atoms with Crippen molar-refractivity contribution in [2.45, 2.75) is 31.4 Å². The zero-order valence-electron chi connectivity index (χ0n) is 12.2. The largest absolute Gasteiger partial charge is 0.493 e. The molecule has 1 saturated carbocycles. The Morgan fingerprint density at radius 2 is 2.33 bits per heavy atom. The number of aliphatic hydroxyl groups is 1. The maximum Gasteiger partial charge on any atom is 0.246 e. The first-order valence-electron chi connectivity index (χ1n) is 7.39. The van der Waals surface area contributed by atoms with Crippen molar-refractivity contribution in [2.24, 2.45) is 5.92 Å². The summed E-state index contributed by atoms with van der Waals surface area (Å²) in [6.07, 6.45) is 2.13. The van der Waals surface area contributed by atoms with Crippen LogP contribution in [0.3, 0.4) is 0 Å². The standard InChI is InChI=1S/C16H21NO4/c1-20-9-15(19)17-16(12-7-13(18)8-12)11-2-3-14-10(6-11)4-5-21-14/h2-3,6,12-13,16,18H,4-5,7-9H2,1H3,(H,17,19)/t12?,13?,16-/m1/s1. The highest BCUT2D eigenvalue weighted by molar-refractivity contribution is 5.77. The highest BCUT2D eigenvalue weighted by Crippen LogP contribution is 2.39. The number of benzene rings is 1. The van der Waals surface area contributed by atoms with E-state index in [1.807, 2.05) is 12.1 Å². The third-order valence-electron chi connectivity index (χ3n) is 4.29. The maximum absolute atomic E-state index is 11.9. The predicted molar refractivity (Wildman–Crippen MR) is 77.1 cm³/mol. The molecule has 5 heteroatoms. The van der Waals surface area contributed by atoms with Gasteiger partial charge in [0.15, 0.2) is 0 Å². The number of fused-ring (bicyclic) bond motifs is 1. The summed E-state index contributed by atoms with van der Waals surface area (Å²) in [7, 11) is 1.51. The Bertz CT molecular complexity index is 525. The van der Waals surface area contributed by atoms with E-state index in [2.05, 4.69) is 11.4 Å². The molecular weight excluding hydrogens is 270 g/mol. The van der Waals surface area contributed by atoms with Crippen molar-refractivity contribution < 1.29 is 19.4 Å². The van der Waals surface area contributed by atoms with Gasteiger partial charge in [-0.2, -0.15) is 0 Å². The Labute approximate surface area is 124 Å². The molecule has 1 aromatic rings. The molecule has 0 saturated heterocycles. The lowest BCUT2D eigenvalue weighted by Crippen LogP contribution is -2.42. The fourth-order valence-corrected chi connectivity index (χ4v) is 3.12. The molecule has 1 aliphatic heterocycles. The van der Waals surface area contributed by atoms with Crippen LogP contribution in [-0.4, -0.2) is 37.4 Å². The molecule has 0 aromatic heterocycles. The molecule has 1 amide bonds. The number of hydrogen-bond donors (Lipinski definition) is 2. The molecule has 2 N–H and O–H groups in total. The van der Waals surface area contributed by atoms with Crippen LogP contribution in [0.1, 0.15) is 30.0 Å². The second-order valence-electron chi connectivity index (χ2n) is 5.83. The van der Waals surface area contributed by atoms with Crippen LogP contribution in [0, 0.1) is 5.92 Å². The van der Waals surface area contributed by atoms with E-state index in [0.29, 0.717) is 0 Å². The van der Waals surface area contributed by atoms with Crippen LogP contribution in [0.5, 0.6) is 5.75 Å². The maximum atomic E-state index is 11.9. The van der Waals surface area contributed by atoms with Gasteiger partial charge in [-0.3, -0.25) is 4.79 Å². The van der Waals surface area contributed by atoms with E-state index in [4.69, 9.17) is 9.47 Å². The number of methoxy groups -OCH3 is 1. The first-order chi connectivity index (χ1) is 10.2. The summed E-state index contributed by atoms with van der Waals surface area (Å²) in [6, 6.07) is 6.03. The summed E-state index contributed by atoms with van der Waals surface area (Å²) in [5.41, 5.74) is 2.28. The lowest BCUT2D eigenvalue weighted by atomic mass is 9.75. The number of carbonyl (C=O) groups is 1. The van der Waals surface area contributed by atoms with E-state index in [-0.39, 0.29) is 30.6 Å². The monoisotopic (exact) mass is 291 g/mol. The Morgan fingerprint density at radius 3 is 3.05 bits per heavy atom. The summed E-state index contributed by atoms with van der Waals surface area (Å²) < 4.78 is 10.4. The second-order valence-corrected chi connectivity index (χ2v) is 5.83. The normalized spacial score (nSPS) is 24.7. The van der Waals surface area contributed by atoms with E-state index in [1.165, 1.54) is 12.7 Å². The number of aliphatic hydroxyl groups excluding tert-OH is 1. The second kappa shape index (κ2) is 6.03. The lowest BCUT2D eigenvalue weighted by molar-refractivity contribution is -0.126. The summed E-state index contributed by atoms with van der Waals surface area (Å²) in [5.74, 6) is 1.09. The molecule has 2 aliphatic rings. The molecular formula is C16H21NO4. The van der Waals surface area contributed by atoms with Gasteiger partial charge in [-0.25, -0.2) is 0 Å². The summed E-state index contributed by atoms with van der Waals surface area (Å²) >= 11 is 0. The fraction of sp³-hybridized carbons (Fsp3) is 0.562. The highest BCUT2D eigenvalue weighted by Gasteiger charge is 2.36. The van der Waals surface area contributed by atoms with Gasteiger partial charge in [0.25, 0.3) is 0 Å². The summed E-state index contributed by atoms with van der Waals surface area (Å²) in [6.45, 7) is 0.779. The van der Waals surface area contributed by atoms with Gasteiger partial charge < -0.3 is 19.9 Å². The van der Waals surface area contributed by atoms with Crippen LogP contribution in [-0.2, 0) is 16.0 Å². The van der Waals surface area contributed by atoms with Crippen LogP contribution in [0.15, 0.2) is 18.2 Å². The molecule has 3 rings (SSSR count).